The van der Waals surface area contributed by atoms with Crippen molar-refractivity contribution < 1.29 is 13.2 Å². The Labute approximate surface area is 124 Å². The molecule has 1 aromatic rings. The fraction of sp³-hybridized carbons (Fsp3) is 0.462. The van der Waals surface area contributed by atoms with Crippen LogP contribution in [0.25, 0.3) is 0 Å². The van der Waals surface area contributed by atoms with Crippen LogP contribution in [0.5, 0.6) is 0 Å². The fourth-order valence-electron chi connectivity index (χ4n) is 1.70. The lowest BCUT2D eigenvalue weighted by Crippen LogP contribution is -2.41. The van der Waals surface area contributed by atoms with Gasteiger partial charge in [0, 0.05) is 26.0 Å². The van der Waals surface area contributed by atoms with Gasteiger partial charge in [-0.25, -0.2) is 8.42 Å². The van der Waals surface area contributed by atoms with E-state index in [0.29, 0.717) is 13.0 Å². The zero-order valence-electron chi connectivity index (χ0n) is 12.1. The molecule has 0 unspecified atom stereocenters. The van der Waals surface area contributed by atoms with Crippen LogP contribution < -0.4 is 0 Å². The van der Waals surface area contributed by atoms with Crippen LogP contribution in [-0.4, -0.2) is 55.2 Å². The molecule has 0 radical (unpaired) electrons. The Morgan fingerprint density at radius 1 is 1.48 bits per heavy atom. The predicted octanol–water partition coefficient (Wildman–Crippen LogP) is 0.464. The van der Waals surface area contributed by atoms with E-state index in [-0.39, 0.29) is 18.0 Å². The molecule has 0 aromatic carbocycles. The van der Waals surface area contributed by atoms with Gasteiger partial charge in [-0.1, -0.05) is 6.92 Å². The second kappa shape index (κ2) is 7.71. The molecule has 0 bridgehead atoms. The van der Waals surface area contributed by atoms with Crippen molar-refractivity contribution in [2.75, 3.05) is 26.7 Å². The number of hydrogen-bond donors (Lipinski definition) is 0. The maximum absolute atomic E-state index is 12.3. The average molecular weight is 310 g/mol. The summed E-state index contributed by atoms with van der Waals surface area (Å²) in [6, 6.07) is 4.84. The van der Waals surface area contributed by atoms with Crippen molar-refractivity contribution in [3.05, 3.63) is 24.5 Å². The van der Waals surface area contributed by atoms with E-state index in [1.165, 1.54) is 36.5 Å². The summed E-state index contributed by atoms with van der Waals surface area (Å²) >= 11 is 0. The lowest BCUT2D eigenvalue weighted by molar-refractivity contribution is -0.130. The second-order valence-electron chi connectivity index (χ2n) is 4.42. The van der Waals surface area contributed by atoms with Gasteiger partial charge in [-0.05, 0) is 18.6 Å². The molecule has 1 rings (SSSR count). The standard InChI is InChI=1S/C13H18N4O3S/c1-3-8-17(9-6-14)13(18)11-16(2)21(19,20)12-5-4-7-15-10-12/h4-5,7,10H,3,8-9,11H2,1-2H3. The number of aromatic nitrogens is 1. The van der Waals surface area contributed by atoms with Gasteiger partial charge in [0.1, 0.15) is 11.4 Å². The number of carbonyl (C=O) groups excluding carboxylic acids is 1. The number of amides is 1. The highest BCUT2D eigenvalue weighted by molar-refractivity contribution is 7.89. The van der Waals surface area contributed by atoms with Gasteiger partial charge in [0.05, 0.1) is 12.6 Å². The van der Waals surface area contributed by atoms with Crippen LogP contribution in [-0.2, 0) is 14.8 Å². The minimum absolute atomic E-state index is 0.0302. The fourth-order valence-corrected chi connectivity index (χ4v) is 2.79. The summed E-state index contributed by atoms with van der Waals surface area (Å²) in [5.41, 5.74) is 0. The van der Waals surface area contributed by atoms with E-state index in [4.69, 9.17) is 5.26 Å². The van der Waals surface area contributed by atoms with E-state index in [2.05, 4.69) is 4.98 Å². The van der Waals surface area contributed by atoms with E-state index in [1.54, 1.807) is 0 Å². The molecule has 0 spiro atoms. The first-order valence-electron chi connectivity index (χ1n) is 6.44. The van der Waals surface area contributed by atoms with E-state index >= 15 is 0 Å². The minimum Gasteiger partial charge on any atom is -0.328 e. The van der Waals surface area contributed by atoms with Crippen molar-refractivity contribution in [3.8, 4) is 6.07 Å². The van der Waals surface area contributed by atoms with Gasteiger partial charge >= 0.3 is 0 Å². The molecule has 1 amide bonds. The summed E-state index contributed by atoms with van der Waals surface area (Å²) in [6.45, 7) is 1.95. The summed E-state index contributed by atoms with van der Waals surface area (Å²) in [7, 11) is -2.43. The monoisotopic (exact) mass is 310 g/mol. The molecular weight excluding hydrogens is 292 g/mol. The number of likely N-dealkylation sites (N-methyl/N-ethyl adjacent to an activating group) is 1. The number of nitrogens with zero attached hydrogens (tertiary/aromatic N) is 4. The molecule has 8 heteroatoms. The molecule has 21 heavy (non-hydrogen) atoms. The Bertz CT molecular complexity index is 610. The molecule has 0 aliphatic carbocycles. The molecule has 0 aliphatic rings. The third-order valence-corrected chi connectivity index (χ3v) is 4.60. The Balaban J connectivity index is 2.83. The maximum atomic E-state index is 12.3. The molecular formula is C13H18N4O3S. The average Bonchev–Trinajstić information content (AvgIpc) is 2.47. The third kappa shape index (κ3) is 4.51. The number of rotatable bonds is 7. The summed E-state index contributed by atoms with van der Waals surface area (Å²) in [4.78, 5) is 17.2. The van der Waals surface area contributed by atoms with Gasteiger partial charge in [-0.15, -0.1) is 0 Å². The van der Waals surface area contributed by atoms with Gasteiger partial charge < -0.3 is 4.90 Å². The SMILES string of the molecule is CCCN(CC#N)C(=O)CN(C)S(=O)(=O)c1cccnc1. The van der Waals surface area contributed by atoms with Crippen molar-refractivity contribution in [1.29, 1.82) is 5.26 Å². The first-order valence-corrected chi connectivity index (χ1v) is 7.88. The van der Waals surface area contributed by atoms with Crippen LogP contribution in [0.2, 0.25) is 0 Å². The lowest BCUT2D eigenvalue weighted by atomic mass is 10.4. The van der Waals surface area contributed by atoms with Crippen molar-refractivity contribution in [2.24, 2.45) is 0 Å². The van der Waals surface area contributed by atoms with Gasteiger partial charge in [0.2, 0.25) is 15.9 Å². The van der Waals surface area contributed by atoms with Gasteiger partial charge in [-0.2, -0.15) is 9.57 Å². The lowest BCUT2D eigenvalue weighted by Gasteiger charge is -2.22. The molecule has 1 heterocycles. The molecule has 0 atom stereocenters. The minimum atomic E-state index is -3.76. The molecule has 0 saturated carbocycles. The van der Waals surface area contributed by atoms with Crippen molar-refractivity contribution >= 4 is 15.9 Å². The number of nitriles is 1. The van der Waals surface area contributed by atoms with Gasteiger partial charge in [-0.3, -0.25) is 9.78 Å². The third-order valence-electron chi connectivity index (χ3n) is 2.81. The van der Waals surface area contributed by atoms with Crippen molar-refractivity contribution in [2.45, 2.75) is 18.2 Å². The van der Waals surface area contributed by atoms with Crippen molar-refractivity contribution in [1.82, 2.24) is 14.2 Å². The quantitative estimate of drug-likeness (QED) is 0.682. The zero-order chi connectivity index (χ0) is 15.9. The van der Waals surface area contributed by atoms with Crippen LogP contribution in [0.15, 0.2) is 29.4 Å². The summed E-state index contributed by atoms with van der Waals surface area (Å²) in [5, 5.41) is 8.70. The Morgan fingerprint density at radius 2 is 2.19 bits per heavy atom. The first kappa shape index (κ1) is 17.1. The molecule has 0 N–H and O–H groups in total. The van der Waals surface area contributed by atoms with E-state index in [1.807, 2.05) is 13.0 Å². The normalized spacial score (nSPS) is 11.1. The van der Waals surface area contributed by atoms with Crippen LogP contribution in [0.3, 0.4) is 0 Å². The van der Waals surface area contributed by atoms with E-state index in [9.17, 15) is 13.2 Å². The number of pyridine rings is 1. The molecule has 0 fully saturated rings. The van der Waals surface area contributed by atoms with Crippen LogP contribution in [0, 0.1) is 11.3 Å². The van der Waals surface area contributed by atoms with Crippen LogP contribution in [0.1, 0.15) is 13.3 Å². The van der Waals surface area contributed by atoms with E-state index in [0.717, 1.165) is 4.31 Å². The van der Waals surface area contributed by atoms with Gasteiger partial charge in [0.25, 0.3) is 0 Å². The van der Waals surface area contributed by atoms with Crippen LogP contribution in [0.4, 0.5) is 0 Å². The molecule has 114 valence electrons. The van der Waals surface area contributed by atoms with Crippen LogP contribution >= 0.6 is 0 Å². The summed E-state index contributed by atoms with van der Waals surface area (Å²) < 4.78 is 25.5. The second-order valence-corrected chi connectivity index (χ2v) is 6.47. The Hall–Kier alpha value is -1.98. The summed E-state index contributed by atoms with van der Waals surface area (Å²) in [5.74, 6) is -0.395. The molecule has 7 nitrogen and oxygen atoms in total. The zero-order valence-corrected chi connectivity index (χ0v) is 12.9. The molecule has 0 saturated heterocycles. The molecule has 0 aliphatic heterocycles. The highest BCUT2D eigenvalue weighted by atomic mass is 32.2. The first-order chi connectivity index (χ1) is 9.93. The number of hydrogen-bond acceptors (Lipinski definition) is 5. The smallest absolute Gasteiger partial charge is 0.244 e. The number of sulfonamides is 1. The van der Waals surface area contributed by atoms with Gasteiger partial charge in [0.15, 0.2) is 0 Å². The number of carbonyl (C=O) groups is 1. The highest BCUT2D eigenvalue weighted by Gasteiger charge is 2.25. The predicted molar refractivity (Wildman–Crippen MR) is 76.5 cm³/mol. The summed E-state index contributed by atoms with van der Waals surface area (Å²) in [6.07, 6.45) is 3.40. The maximum Gasteiger partial charge on any atom is 0.244 e. The largest absolute Gasteiger partial charge is 0.328 e. The highest BCUT2D eigenvalue weighted by Crippen LogP contribution is 2.12. The van der Waals surface area contributed by atoms with Crippen molar-refractivity contribution in [3.63, 3.8) is 0 Å². The Morgan fingerprint density at radius 3 is 2.71 bits per heavy atom. The van der Waals surface area contributed by atoms with E-state index < -0.39 is 15.9 Å². The topological polar surface area (TPSA) is 94.4 Å². The Kier molecular flexibility index (Phi) is 6.27. The molecule has 1 aromatic heterocycles.